The van der Waals surface area contributed by atoms with Crippen molar-refractivity contribution in [2.45, 2.75) is 352 Å². The lowest BCUT2D eigenvalue weighted by molar-refractivity contribution is -0.142. The molecule has 17 nitrogen and oxygen atoms in total. The van der Waals surface area contributed by atoms with E-state index in [0.29, 0.717) is 185 Å². The number of carbonyl (C=O) groups is 5. The van der Waals surface area contributed by atoms with Gasteiger partial charge in [0.05, 0.1) is 91.0 Å². The fourth-order valence-electron chi connectivity index (χ4n) is 25.6. The first kappa shape index (κ1) is 93.7. The Morgan fingerprint density at radius 2 is 0.634 bits per heavy atom. The van der Waals surface area contributed by atoms with Gasteiger partial charge in [-0.25, -0.2) is 0 Å². The first-order valence-corrected chi connectivity index (χ1v) is 51.7. The zero-order valence-electron chi connectivity index (χ0n) is 79.5. The number of rotatable bonds is 27. The van der Waals surface area contributed by atoms with Crippen molar-refractivity contribution in [1.82, 2.24) is 0 Å². The molecule has 0 radical (unpaired) electrons. The van der Waals surface area contributed by atoms with Gasteiger partial charge in [0, 0.05) is 25.2 Å². The van der Waals surface area contributed by atoms with Crippen molar-refractivity contribution >= 4 is 47.1 Å². The summed E-state index contributed by atoms with van der Waals surface area (Å²) >= 11 is 5.41. The smallest absolute Gasteiger partial charge is 0.317 e. The molecule has 34 unspecified atom stereocenters. The highest BCUT2D eigenvalue weighted by Crippen LogP contribution is 2.73. The first-order chi connectivity index (χ1) is 63.4. The Morgan fingerprint density at radius 3 is 1.02 bits per heavy atom. The van der Waals surface area contributed by atoms with Gasteiger partial charge in [0.25, 0.3) is 0 Å². The molecule has 0 N–H and O–H groups in total. The average Bonchev–Trinajstić information content (AvgIpc) is 1.50. The van der Waals surface area contributed by atoms with Crippen LogP contribution in [0.4, 0.5) is 0 Å². The molecule has 17 fully saturated rings. The molecule has 131 heavy (non-hydrogen) atoms. The maximum atomic E-state index is 12.9. The standard InChI is InChI=1S/C23H28O3.C19H24O3.C18H22O3.C18H24O3.C18H24O2S.C17H22O3/c1-3-11(2)12-4-6-14(7-5-12)25-23(24)16-9-13-8-15(16)20-18-10-17(19(13)20)21-22(18)26-21;1-3-11(2)12-4-6-15(7-5-12)21-17(20)10-13-8-14-9-16(13)19-18(14)22-19;1-3-10(2)11-4-6-13(7-5-11)20-18(19)15-9-12-8-14(15)17-16(12)21-17;1-3-12(2)14-5-7-15(8-6-14)20-18(19)11-13-4-9-16-17(10-13)21-16;1-3-12(2)14-5-7-15(8-6-14)19-18(21)11-13-4-9-16-17(10-13)20-16;1-3-11(2)12-4-6-13(7-5-12)20-17(18)15-10-14-8-9-16(15)19-14/h4-7,11,13,15-22H,3,8-10H2,1-2H3;4-7,11,13-14,16,18-19H,3,8-10H2,1-2H3;4-7,10,12,14-17H,3,8-9H2,1-2H3;2*5-8,12-13,16-17H,3-4,9-11H2,1-2H3;4-7,11,14-16H,3,8-10H2,1-2H3. The zero-order valence-corrected chi connectivity index (χ0v) is 80.3. The van der Waals surface area contributed by atoms with E-state index in [1.807, 2.05) is 84.9 Å². The maximum Gasteiger partial charge on any atom is 0.317 e. The summed E-state index contributed by atoms with van der Waals surface area (Å²) < 4.78 is 67.7. The van der Waals surface area contributed by atoms with Crippen LogP contribution in [0.2, 0.25) is 0 Å². The highest BCUT2D eigenvalue weighted by atomic mass is 32.1. The van der Waals surface area contributed by atoms with E-state index < -0.39 is 0 Å². The van der Waals surface area contributed by atoms with Crippen molar-refractivity contribution in [3.63, 3.8) is 0 Å². The number of thiocarbonyl (C=S) groups is 1. The van der Waals surface area contributed by atoms with Crippen LogP contribution in [0.25, 0.3) is 0 Å². The van der Waals surface area contributed by atoms with Crippen LogP contribution in [-0.4, -0.2) is 108 Å². The van der Waals surface area contributed by atoms with Gasteiger partial charge in [0.15, 0.2) is 5.05 Å². The third-order valence-corrected chi connectivity index (χ3v) is 34.9. The molecule has 10 aliphatic carbocycles. The summed E-state index contributed by atoms with van der Waals surface area (Å²) in [4.78, 5) is 61.6. The summed E-state index contributed by atoms with van der Waals surface area (Å²) in [6.45, 7) is 26.4. The Hall–Kier alpha value is -7.68. The van der Waals surface area contributed by atoms with Gasteiger partial charge in [-0.15, -0.1) is 0 Å². The minimum absolute atomic E-state index is 0.0169. The molecule has 17 aliphatic rings. The molecule has 0 amide bonds. The molecule has 6 aromatic carbocycles. The quantitative estimate of drug-likeness (QED) is 0.0154. The van der Waals surface area contributed by atoms with Gasteiger partial charge in [0.1, 0.15) is 34.5 Å². The van der Waals surface area contributed by atoms with Gasteiger partial charge >= 0.3 is 29.8 Å². The van der Waals surface area contributed by atoms with Crippen molar-refractivity contribution in [1.29, 1.82) is 0 Å². The molecule has 10 bridgehead atoms. The number of esters is 5. The van der Waals surface area contributed by atoms with Crippen LogP contribution in [0, 0.1) is 94.7 Å². The van der Waals surface area contributed by atoms with Crippen LogP contribution in [0.15, 0.2) is 146 Å². The first-order valence-electron chi connectivity index (χ1n) is 51.3. The normalized spacial score (nSPS) is 35.1. The molecule has 7 aliphatic heterocycles. The average molecular weight is 1810 g/mol. The van der Waals surface area contributed by atoms with Gasteiger partial charge in [-0.1, -0.05) is 156 Å². The zero-order chi connectivity index (χ0) is 91.2. The SMILES string of the molecule is CCC(C)c1ccc(OC(=O)C2CC3CC2C2C4CC(C5OC45)C32)cc1.CCC(C)c1ccc(OC(=O)C2CC3CC2C2OC32)cc1.CCC(C)c1ccc(OC(=O)C2CC3CCC2O3)cc1.CCC(C)c1ccc(OC(=O)CC2CC3CC2C2OC32)cc1.CCC(C)c1ccc(OC(=O)CC2CCC3OC3C2)cc1.CCC(C)c1ccc(OC(=S)CC2CCC3OC3C2)cc1. The second kappa shape index (κ2) is 41.1. The molecule has 18 heteroatoms. The minimum Gasteiger partial charge on any atom is -0.450 e. The van der Waals surface area contributed by atoms with Crippen molar-refractivity contribution < 1.29 is 80.8 Å². The summed E-state index contributed by atoms with van der Waals surface area (Å²) in [7, 11) is 0. The van der Waals surface area contributed by atoms with E-state index in [1.54, 1.807) is 0 Å². The van der Waals surface area contributed by atoms with Crippen LogP contribution >= 0.6 is 12.2 Å². The number of epoxide rings is 5. The summed E-state index contributed by atoms with van der Waals surface area (Å²) in [5.74, 6) is 15.6. The number of benzene rings is 6. The number of ether oxygens (including phenoxy) is 12. The number of hydrogen-bond acceptors (Lipinski definition) is 18. The van der Waals surface area contributed by atoms with Crippen molar-refractivity contribution in [3.05, 3.63) is 179 Å². The summed E-state index contributed by atoms with van der Waals surface area (Å²) in [5.41, 5.74) is 7.85. The Morgan fingerprint density at radius 1 is 0.290 bits per heavy atom. The fraction of sp³-hybridized carbons (Fsp3) is 0.628. The molecule has 7 saturated heterocycles. The van der Waals surface area contributed by atoms with Crippen molar-refractivity contribution in [3.8, 4) is 34.5 Å². The van der Waals surface area contributed by atoms with Crippen LogP contribution in [-0.2, 0) is 52.4 Å². The molecule has 6 aromatic rings. The molecule has 7 heterocycles. The summed E-state index contributed by atoms with van der Waals surface area (Å²) in [6.07, 6.45) is 31.9. The number of carbonyl (C=O) groups excluding carboxylic acids is 5. The van der Waals surface area contributed by atoms with Crippen molar-refractivity contribution in [2.24, 2.45) is 94.7 Å². The van der Waals surface area contributed by atoms with Gasteiger partial charge < -0.3 is 56.8 Å². The summed E-state index contributed by atoms with van der Waals surface area (Å²) in [5, 5.41) is 0.718. The van der Waals surface area contributed by atoms with E-state index in [9.17, 15) is 24.0 Å². The topological polar surface area (TPSA) is 213 Å². The second-order valence-electron chi connectivity index (χ2n) is 42.6. The molecular weight excluding hydrogens is 1660 g/mol. The lowest BCUT2D eigenvalue weighted by Gasteiger charge is -2.36. The van der Waals surface area contributed by atoms with E-state index in [4.69, 9.17) is 69.1 Å². The lowest BCUT2D eigenvalue weighted by Crippen LogP contribution is -2.39. The van der Waals surface area contributed by atoms with E-state index in [0.717, 1.165) is 156 Å². The van der Waals surface area contributed by atoms with Crippen LogP contribution < -0.4 is 28.4 Å². The van der Waals surface area contributed by atoms with Gasteiger partial charge in [0.2, 0.25) is 0 Å². The summed E-state index contributed by atoms with van der Waals surface area (Å²) in [6, 6.07) is 48.3. The van der Waals surface area contributed by atoms with E-state index in [-0.39, 0.29) is 59.8 Å². The predicted molar refractivity (Wildman–Crippen MR) is 508 cm³/mol. The Labute approximate surface area is 783 Å². The molecule has 0 spiro atoms. The second-order valence-corrected chi connectivity index (χ2v) is 43.1. The minimum atomic E-state index is -0.131. The molecule has 10 saturated carbocycles. The Kier molecular flexibility index (Phi) is 29.4. The largest absolute Gasteiger partial charge is 0.450 e. The fourth-order valence-corrected chi connectivity index (χ4v) is 25.9. The monoisotopic (exact) mass is 1810 g/mol. The molecule has 704 valence electrons. The maximum absolute atomic E-state index is 12.9. The molecule has 23 rings (SSSR count). The third kappa shape index (κ3) is 21.8. The molecule has 0 aromatic heterocycles. The van der Waals surface area contributed by atoms with Crippen LogP contribution in [0.5, 0.6) is 34.5 Å². The van der Waals surface area contributed by atoms with E-state index >= 15 is 0 Å². The van der Waals surface area contributed by atoms with Gasteiger partial charge in [-0.3, -0.25) is 24.0 Å². The highest BCUT2D eigenvalue weighted by Gasteiger charge is 2.74. The van der Waals surface area contributed by atoms with Gasteiger partial charge in [-0.2, -0.15) is 0 Å². The Balaban J connectivity index is 0.000000106. The van der Waals surface area contributed by atoms with Crippen LogP contribution in [0.1, 0.15) is 312 Å². The highest BCUT2D eigenvalue weighted by molar-refractivity contribution is 7.80. The lowest BCUT2D eigenvalue weighted by atomic mass is 9.67. The van der Waals surface area contributed by atoms with E-state index in [1.165, 1.54) is 65.5 Å². The van der Waals surface area contributed by atoms with Gasteiger partial charge in [-0.05, 0) is 366 Å². The third-order valence-electron chi connectivity index (χ3n) is 34.7. The number of fused-ring (bicyclic) bond motifs is 26. The molecular formula is C113H144O17S. The predicted octanol–water partition coefficient (Wildman–Crippen LogP) is 24.5. The van der Waals surface area contributed by atoms with Crippen LogP contribution in [0.3, 0.4) is 0 Å². The Bertz CT molecular complexity index is 4810. The molecule has 34 atom stereocenters. The van der Waals surface area contributed by atoms with Crippen molar-refractivity contribution in [2.75, 3.05) is 0 Å². The number of hydrogen-bond donors (Lipinski definition) is 0. The van der Waals surface area contributed by atoms with E-state index in [2.05, 4.69) is 144 Å².